The summed E-state index contributed by atoms with van der Waals surface area (Å²) < 4.78 is 5.55. The first-order valence-corrected chi connectivity index (χ1v) is 5.85. The summed E-state index contributed by atoms with van der Waals surface area (Å²) in [6.07, 6.45) is 1.34. The minimum Gasteiger partial charge on any atom is -0.493 e. The Bertz CT molecular complexity index is 417. The maximum absolute atomic E-state index is 11.3. The first-order valence-electron chi connectivity index (χ1n) is 5.85. The van der Waals surface area contributed by atoms with E-state index >= 15 is 0 Å². The van der Waals surface area contributed by atoms with Crippen LogP contribution in [0.5, 0.6) is 5.75 Å². The van der Waals surface area contributed by atoms with E-state index in [1.165, 1.54) is 0 Å². The van der Waals surface area contributed by atoms with Gasteiger partial charge < -0.3 is 15.2 Å². The predicted octanol–water partition coefficient (Wildman–Crippen LogP) is 1.58. The van der Waals surface area contributed by atoms with E-state index in [1.807, 2.05) is 25.1 Å². The molecule has 0 fully saturated rings. The molecule has 1 aromatic carbocycles. The molecule has 0 radical (unpaired) electrons. The Kier molecular flexibility index (Phi) is 3.64. The molecule has 2 N–H and O–H groups in total. The van der Waals surface area contributed by atoms with Crippen molar-refractivity contribution >= 4 is 11.6 Å². The molecule has 0 bridgehead atoms. The van der Waals surface area contributed by atoms with Crippen LogP contribution in [0.4, 0.5) is 5.69 Å². The molecule has 1 aliphatic heterocycles. The van der Waals surface area contributed by atoms with Crippen LogP contribution < -0.4 is 10.1 Å². The number of hydrogen-bond donors (Lipinski definition) is 2. The third kappa shape index (κ3) is 2.97. The first kappa shape index (κ1) is 11.9. The van der Waals surface area contributed by atoms with E-state index in [1.54, 1.807) is 0 Å². The van der Waals surface area contributed by atoms with Crippen molar-refractivity contribution in [2.45, 2.75) is 19.8 Å². The van der Waals surface area contributed by atoms with E-state index in [0.717, 1.165) is 23.4 Å². The fourth-order valence-corrected chi connectivity index (χ4v) is 1.73. The van der Waals surface area contributed by atoms with Gasteiger partial charge in [-0.25, -0.2) is 0 Å². The summed E-state index contributed by atoms with van der Waals surface area (Å²) in [4.78, 5) is 11.3. The lowest BCUT2D eigenvalue weighted by molar-refractivity contribution is -0.116. The van der Waals surface area contributed by atoms with E-state index in [2.05, 4.69) is 5.32 Å². The molecule has 1 aliphatic rings. The van der Waals surface area contributed by atoms with Crippen molar-refractivity contribution in [2.75, 3.05) is 18.5 Å². The van der Waals surface area contributed by atoms with Crippen LogP contribution >= 0.6 is 0 Å². The smallest absolute Gasteiger partial charge is 0.224 e. The summed E-state index contributed by atoms with van der Waals surface area (Å²) in [5.41, 5.74) is 1.99. The Morgan fingerprint density at radius 3 is 3.06 bits per heavy atom. The van der Waals surface area contributed by atoms with Gasteiger partial charge in [0, 0.05) is 30.7 Å². The number of benzene rings is 1. The Labute approximate surface area is 101 Å². The maximum Gasteiger partial charge on any atom is 0.224 e. The molecule has 92 valence electrons. The third-order valence-corrected chi connectivity index (χ3v) is 2.82. The van der Waals surface area contributed by atoms with Crippen molar-refractivity contribution in [3.05, 3.63) is 23.8 Å². The summed E-state index contributed by atoms with van der Waals surface area (Å²) in [5, 5.41) is 11.7. The molecule has 17 heavy (non-hydrogen) atoms. The lowest BCUT2D eigenvalue weighted by atomic mass is 10.0. The van der Waals surface area contributed by atoms with Crippen molar-refractivity contribution in [2.24, 2.45) is 5.92 Å². The molecule has 1 unspecified atom stereocenters. The van der Waals surface area contributed by atoms with Crippen molar-refractivity contribution in [3.8, 4) is 5.75 Å². The number of carbonyl (C=O) groups is 1. The minimum atomic E-state index is 0.0541. The number of ether oxygens (including phenoxy) is 1. The van der Waals surface area contributed by atoms with Crippen LogP contribution in [-0.2, 0) is 11.2 Å². The zero-order valence-corrected chi connectivity index (χ0v) is 9.90. The van der Waals surface area contributed by atoms with Gasteiger partial charge in [0.25, 0.3) is 0 Å². The Hall–Kier alpha value is -1.55. The molecule has 4 heteroatoms. The largest absolute Gasteiger partial charge is 0.493 e. The van der Waals surface area contributed by atoms with Crippen LogP contribution in [0.25, 0.3) is 0 Å². The zero-order chi connectivity index (χ0) is 12.3. The van der Waals surface area contributed by atoms with Gasteiger partial charge >= 0.3 is 0 Å². The highest BCUT2D eigenvalue weighted by Gasteiger charge is 2.15. The predicted molar refractivity (Wildman–Crippen MR) is 65.1 cm³/mol. The number of aliphatic hydroxyl groups is 1. The molecule has 0 saturated carbocycles. The van der Waals surface area contributed by atoms with Gasteiger partial charge in [0.05, 0.1) is 6.61 Å². The molecule has 1 aromatic rings. The van der Waals surface area contributed by atoms with Crippen molar-refractivity contribution in [1.82, 2.24) is 0 Å². The third-order valence-electron chi connectivity index (χ3n) is 2.82. The zero-order valence-electron chi connectivity index (χ0n) is 9.90. The molecule has 1 heterocycles. The number of aryl methyl sites for hydroxylation is 1. The van der Waals surface area contributed by atoms with Gasteiger partial charge in [-0.05, 0) is 18.1 Å². The average molecular weight is 235 g/mol. The SMILES string of the molecule is CC(CO)COc1ccc2c(c1)NC(=O)CC2. The van der Waals surface area contributed by atoms with Crippen LogP contribution in [0, 0.1) is 5.92 Å². The number of amides is 1. The number of rotatable bonds is 4. The maximum atomic E-state index is 11.3. The van der Waals surface area contributed by atoms with E-state index in [0.29, 0.717) is 13.0 Å². The van der Waals surface area contributed by atoms with Crippen molar-refractivity contribution in [1.29, 1.82) is 0 Å². The second-order valence-electron chi connectivity index (χ2n) is 4.47. The van der Waals surface area contributed by atoms with Crippen LogP contribution in [0.1, 0.15) is 18.9 Å². The Balaban J connectivity index is 2.05. The summed E-state index contributed by atoms with van der Waals surface area (Å²) in [6.45, 7) is 2.51. The van der Waals surface area contributed by atoms with Crippen LogP contribution in [-0.4, -0.2) is 24.2 Å². The highest BCUT2D eigenvalue weighted by molar-refractivity contribution is 5.94. The number of aliphatic hydroxyl groups excluding tert-OH is 1. The summed E-state index contributed by atoms with van der Waals surface area (Å²) in [6, 6.07) is 5.73. The molecular formula is C13H17NO3. The Morgan fingerprint density at radius 2 is 2.29 bits per heavy atom. The molecule has 1 amide bonds. The van der Waals surface area contributed by atoms with E-state index in [-0.39, 0.29) is 18.4 Å². The van der Waals surface area contributed by atoms with Gasteiger partial charge in [-0.1, -0.05) is 13.0 Å². The standard InChI is InChI=1S/C13H17NO3/c1-9(7-15)8-17-11-4-2-10-3-5-13(16)14-12(10)6-11/h2,4,6,9,15H,3,5,7-8H2,1H3,(H,14,16). The molecule has 2 rings (SSSR count). The van der Waals surface area contributed by atoms with Gasteiger partial charge in [-0.15, -0.1) is 0 Å². The molecule has 0 aliphatic carbocycles. The van der Waals surface area contributed by atoms with Crippen LogP contribution in [0.15, 0.2) is 18.2 Å². The first-order chi connectivity index (χ1) is 8.19. The highest BCUT2D eigenvalue weighted by Crippen LogP contribution is 2.27. The quantitative estimate of drug-likeness (QED) is 0.833. The number of hydrogen-bond acceptors (Lipinski definition) is 3. The van der Waals surface area contributed by atoms with E-state index < -0.39 is 0 Å². The highest BCUT2D eigenvalue weighted by atomic mass is 16.5. The van der Waals surface area contributed by atoms with Crippen LogP contribution in [0.3, 0.4) is 0 Å². The lowest BCUT2D eigenvalue weighted by Crippen LogP contribution is -2.19. The molecule has 0 saturated heterocycles. The molecule has 4 nitrogen and oxygen atoms in total. The van der Waals surface area contributed by atoms with Crippen molar-refractivity contribution < 1.29 is 14.6 Å². The summed E-state index contributed by atoms with van der Waals surface area (Å²) >= 11 is 0. The summed E-state index contributed by atoms with van der Waals surface area (Å²) in [5.74, 6) is 0.894. The number of nitrogens with one attached hydrogen (secondary N) is 1. The van der Waals surface area contributed by atoms with Crippen molar-refractivity contribution in [3.63, 3.8) is 0 Å². The van der Waals surface area contributed by atoms with Gasteiger partial charge in [0.2, 0.25) is 5.91 Å². The second kappa shape index (κ2) is 5.19. The van der Waals surface area contributed by atoms with Gasteiger partial charge in [0.1, 0.15) is 5.75 Å². The van der Waals surface area contributed by atoms with E-state index in [9.17, 15) is 4.79 Å². The number of fused-ring (bicyclic) bond motifs is 1. The van der Waals surface area contributed by atoms with Gasteiger partial charge in [-0.2, -0.15) is 0 Å². The molecule has 0 aromatic heterocycles. The van der Waals surface area contributed by atoms with Gasteiger partial charge in [-0.3, -0.25) is 4.79 Å². The normalized spacial score (nSPS) is 16.0. The topological polar surface area (TPSA) is 58.6 Å². The second-order valence-corrected chi connectivity index (χ2v) is 4.47. The average Bonchev–Trinajstić information content (AvgIpc) is 2.35. The summed E-state index contributed by atoms with van der Waals surface area (Å²) in [7, 11) is 0. The minimum absolute atomic E-state index is 0.0541. The van der Waals surface area contributed by atoms with Crippen LogP contribution in [0.2, 0.25) is 0 Å². The monoisotopic (exact) mass is 235 g/mol. The van der Waals surface area contributed by atoms with Gasteiger partial charge in [0.15, 0.2) is 0 Å². The number of anilines is 1. The molecular weight excluding hydrogens is 218 g/mol. The van der Waals surface area contributed by atoms with E-state index in [4.69, 9.17) is 9.84 Å². The Morgan fingerprint density at radius 1 is 1.47 bits per heavy atom. The molecule has 1 atom stereocenters. The lowest BCUT2D eigenvalue weighted by Gasteiger charge is -2.18. The fourth-order valence-electron chi connectivity index (χ4n) is 1.73. The fraction of sp³-hybridized carbons (Fsp3) is 0.462. The number of carbonyl (C=O) groups excluding carboxylic acids is 1. The molecule has 0 spiro atoms.